The van der Waals surface area contributed by atoms with Gasteiger partial charge in [-0.15, -0.1) is 0 Å². The van der Waals surface area contributed by atoms with Gasteiger partial charge in [-0.1, -0.05) is 29.4 Å². The second-order valence-electron chi connectivity index (χ2n) is 6.56. The second-order valence-corrected chi connectivity index (χ2v) is 6.56. The molecule has 0 bridgehead atoms. The zero-order chi connectivity index (χ0) is 17.4. The Hall–Kier alpha value is -2.51. The zero-order valence-corrected chi connectivity index (χ0v) is 14.7. The van der Waals surface area contributed by atoms with Crippen molar-refractivity contribution in [2.75, 3.05) is 20.7 Å². The molecule has 0 spiro atoms. The van der Waals surface area contributed by atoms with Crippen LogP contribution in [0.1, 0.15) is 16.8 Å². The molecule has 1 aliphatic rings. The average molecular weight is 339 g/mol. The Bertz CT molecular complexity index is 880. The number of ether oxygens (including phenoxy) is 1. The van der Waals surface area contributed by atoms with Crippen LogP contribution in [0.15, 0.2) is 28.8 Å². The smallest absolute Gasteiger partial charge is 0.279 e. The molecule has 2 aromatic heterocycles. The van der Waals surface area contributed by atoms with Crippen LogP contribution in [0.3, 0.4) is 0 Å². The Morgan fingerprint density at radius 1 is 1.20 bits per heavy atom. The Labute approximate surface area is 146 Å². The van der Waals surface area contributed by atoms with Crippen LogP contribution in [-0.2, 0) is 31.4 Å². The first kappa shape index (κ1) is 16.0. The predicted molar refractivity (Wildman–Crippen MR) is 92.7 cm³/mol. The summed E-state index contributed by atoms with van der Waals surface area (Å²) in [5.74, 6) is 1.01. The molecule has 0 unspecified atom stereocenters. The molecule has 0 saturated heterocycles. The molecule has 0 N–H and O–H groups in total. The van der Waals surface area contributed by atoms with E-state index < -0.39 is 0 Å². The predicted octanol–water partition coefficient (Wildman–Crippen LogP) is 2.27. The van der Waals surface area contributed by atoms with E-state index in [-0.39, 0.29) is 0 Å². The van der Waals surface area contributed by atoms with Crippen LogP contribution >= 0.6 is 0 Å². The van der Waals surface area contributed by atoms with Crippen molar-refractivity contribution in [1.29, 1.82) is 0 Å². The van der Waals surface area contributed by atoms with E-state index in [0.717, 1.165) is 36.4 Å². The molecule has 4 rings (SSSR count). The standard InChI is InChI=1S/C18H21N5O2/c1-22(2)10-12-4-6-13(7-5-12)17-19-18(25-21-17)16-14-11-24-9-8-15(14)23(3)20-16/h4-7H,8-11H2,1-3H3. The fourth-order valence-electron chi connectivity index (χ4n) is 3.14. The molecule has 0 atom stereocenters. The van der Waals surface area contributed by atoms with Gasteiger partial charge in [-0.3, -0.25) is 4.68 Å². The average Bonchev–Trinajstić information content (AvgIpc) is 3.21. The highest BCUT2D eigenvalue weighted by atomic mass is 16.5. The van der Waals surface area contributed by atoms with Gasteiger partial charge in [0.05, 0.1) is 13.2 Å². The molecule has 0 radical (unpaired) electrons. The summed E-state index contributed by atoms with van der Waals surface area (Å²) in [5.41, 5.74) is 5.12. The van der Waals surface area contributed by atoms with E-state index >= 15 is 0 Å². The highest BCUT2D eigenvalue weighted by Gasteiger charge is 2.24. The van der Waals surface area contributed by atoms with Gasteiger partial charge < -0.3 is 14.2 Å². The molecule has 25 heavy (non-hydrogen) atoms. The van der Waals surface area contributed by atoms with E-state index in [4.69, 9.17) is 9.26 Å². The molecular weight excluding hydrogens is 318 g/mol. The lowest BCUT2D eigenvalue weighted by Gasteiger charge is -2.12. The molecule has 0 fully saturated rings. The van der Waals surface area contributed by atoms with E-state index in [1.165, 1.54) is 11.3 Å². The largest absolute Gasteiger partial charge is 0.376 e. The van der Waals surface area contributed by atoms with Gasteiger partial charge in [-0.05, 0) is 19.7 Å². The van der Waals surface area contributed by atoms with E-state index in [2.05, 4.69) is 46.4 Å². The van der Waals surface area contributed by atoms with Crippen molar-refractivity contribution in [2.45, 2.75) is 19.6 Å². The Balaban J connectivity index is 1.62. The lowest BCUT2D eigenvalue weighted by Crippen LogP contribution is -2.11. The molecule has 3 heterocycles. The molecule has 7 heteroatoms. The first-order valence-electron chi connectivity index (χ1n) is 8.32. The van der Waals surface area contributed by atoms with Crippen molar-refractivity contribution in [2.24, 2.45) is 7.05 Å². The van der Waals surface area contributed by atoms with E-state index in [9.17, 15) is 0 Å². The Morgan fingerprint density at radius 3 is 2.76 bits per heavy atom. The van der Waals surface area contributed by atoms with E-state index in [1.54, 1.807) is 0 Å². The molecule has 0 amide bonds. The van der Waals surface area contributed by atoms with Crippen molar-refractivity contribution in [3.05, 3.63) is 41.1 Å². The Kier molecular flexibility index (Phi) is 4.10. The van der Waals surface area contributed by atoms with Crippen LogP contribution < -0.4 is 0 Å². The number of aromatic nitrogens is 4. The lowest BCUT2D eigenvalue weighted by molar-refractivity contribution is 0.109. The minimum absolute atomic E-state index is 0.440. The zero-order valence-electron chi connectivity index (χ0n) is 14.7. The van der Waals surface area contributed by atoms with Gasteiger partial charge in [0.25, 0.3) is 5.89 Å². The number of aryl methyl sites for hydroxylation is 1. The van der Waals surface area contributed by atoms with Crippen molar-refractivity contribution < 1.29 is 9.26 Å². The summed E-state index contributed by atoms with van der Waals surface area (Å²) in [5, 5.41) is 8.68. The molecule has 0 saturated carbocycles. The van der Waals surface area contributed by atoms with Crippen LogP contribution in [0.25, 0.3) is 23.0 Å². The number of nitrogens with zero attached hydrogens (tertiary/aromatic N) is 5. The number of rotatable bonds is 4. The quantitative estimate of drug-likeness (QED) is 0.726. The van der Waals surface area contributed by atoms with Crippen molar-refractivity contribution in [1.82, 2.24) is 24.8 Å². The SMILES string of the molecule is CN(C)Cc1ccc(-c2noc(-c3nn(C)c4c3COCC4)n2)cc1. The maximum Gasteiger partial charge on any atom is 0.279 e. The summed E-state index contributed by atoms with van der Waals surface area (Å²) in [4.78, 5) is 6.68. The third-order valence-corrected chi connectivity index (χ3v) is 4.34. The summed E-state index contributed by atoms with van der Waals surface area (Å²) < 4.78 is 12.9. The summed E-state index contributed by atoms with van der Waals surface area (Å²) in [6.45, 7) is 2.16. The second kappa shape index (κ2) is 6.42. The minimum Gasteiger partial charge on any atom is -0.376 e. The fraction of sp³-hybridized carbons (Fsp3) is 0.389. The summed E-state index contributed by atoms with van der Waals surface area (Å²) >= 11 is 0. The van der Waals surface area contributed by atoms with Gasteiger partial charge in [0.2, 0.25) is 5.82 Å². The topological polar surface area (TPSA) is 69.2 Å². The molecular formula is C18H21N5O2. The number of benzene rings is 1. The van der Waals surface area contributed by atoms with Gasteiger partial charge in [0, 0.05) is 36.8 Å². The maximum atomic E-state index is 5.56. The van der Waals surface area contributed by atoms with Gasteiger partial charge in [-0.25, -0.2) is 0 Å². The summed E-state index contributed by atoms with van der Waals surface area (Å²) in [6, 6.07) is 8.21. The molecule has 1 aromatic carbocycles. The number of hydrogen-bond donors (Lipinski definition) is 0. The lowest BCUT2D eigenvalue weighted by atomic mass is 10.1. The fourth-order valence-corrected chi connectivity index (χ4v) is 3.14. The normalized spacial score (nSPS) is 14.1. The minimum atomic E-state index is 0.440. The molecule has 3 aromatic rings. The van der Waals surface area contributed by atoms with Gasteiger partial charge in [0.1, 0.15) is 0 Å². The van der Waals surface area contributed by atoms with Crippen molar-refractivity contribution in [3.8, 4) is 23.0 Å². The van der Waals surface area contributed by atoms with Crippen LogP contribution in [0.4, 0.5) is 0 Å². The third kappa shape index (κ3) is 3.08. The summed E-state index contributed by atoms with van der Waals surface area (Å²) in [7, 11) is 6.04. The van der Waals surface area contributed by atoms with E-state index in [0.29, 0.717) is 18.3 Å². The van der Waals surface area contributed by atoms with Crippen LogP contribution in [0.5, 0.6) is 0 Å². The molecule has 0 aliphatic carbocycles. The van der Waals surface area contributed by atoms with Gasteiger partial charge in [0.15, 0.2) is 5.69 Å². The van der Waals surface area contributed by atoms with Crippen LogP contribution in [-0.4, -0.2) is 45.5 Å². The van der Waals surface area contributed by atoms with E-state index in [1.807, 2.05) is 23.9 Å². The van der Waals surface area contributed by atoms with Crippen LogP contribution in [0, 0.1) is 0 Å². The highest BCUT2D eigenvalue weighted by Crippen LogP contribution is 2.29. The Morgan fingerprint density at radius 2 is 2.00 bits per heavy atom. The van der Waals surface area contributed by atoms with Crippen molar-refractivity contribution >= 4 is 0 Å². The first-order chi connectivity index (χ1) is 12.1. The van der Waals surface area contributed by atoms with Crippen LogP contribution in [0.2, 0.25) is 0 Å². The van der Waals surface area contributed by atoms with Crippen molar-refractivity contribution in [3.63, 3.8) is 0 Å². The molecule has 130 valence electrons. The number of hydrogen-bond acceptors (Lipinski definition) is 6. The maximum absolute atomic E-state index is 5.56. The number of fused-ring (bicyclic) bond motifs is 1. The molecule has 7 nitrogen and oxygen atoms in total. The van der Waals surface area contributed by atoms with Gasteiger partial charge in [-0.2, -0.15) is 10.1 Å². The first-order valence-corrected chi connectivity index (χ1v) is 8.32. The monoisotopic (exact) mass is 339 g/mol. The highest BCUT2D eigenvalue weighted by molar-refractivity contribution is 5.60. The molecule has 1 aliphatic heterocycles. The van der Waals surface area contributed by atoms with Gasteiger partial charge >= 0.3 is 0 Å². The third-order valence-electron chi connectivity index (χ3n) is 4.34. The summed E-state index contributed by atoms with van der Waals surface area (Å²) in [6.07, 6.45) is 0.854.